The van der Waals surface area contributed by atoms with Crippen molar-refractivity contribution in [3.63, 3.8) is 0 Å². The molecule has 1 aliphatic heterocycles. The number of rotatable bonds is 6. The number of nitrogens with one attached hydrogen (secondary N) is 1. The molecule has 4 aliphatic rings. The van der Waals surface area contributed by atoms with Crippen LogP contribution in [0.2, 0.25) is 0 Å². The van der Waals surface area contributed by atoms with Gasteiger partial charge in [0.05, 0.1) is 29.8 Å². The van der Waals surface area contributed by atoms with Crippen molar-refractivity contribution in [1.82, 2.24) is 9.96 Å². The zero-order valence-electron chi connectivity index (χ0n) is 24.8. The van der Waals surface area contributed by atoms with Gasteiger partial charge in [0.25, 0.3) is 0 Å². The van der Waals surface area contributed by atoms with Crippen molar-refractivity contribution >= 4 is 52.0 Å². The van der Waals surface area contributed by atoms with Crippen molar-refractivity contribution in [2.45, 2.75) is 37.3 Å². The van der Waals surface area contributed by atoms with Crippen molar-refractivity contribution in [3.8, 4) is 16.2 Å². The molecule has 2 unspecified atom stereocenters. The lowest BCUT2D eigenvalue weighted by atomic mass is 9.52. The van der Waals surface area contributed by atoms with Gasteiger partial charge in [-0.05, 0) is 74.3 Å². The van der Waals surface area contributed by atoms with E-state index in [1.54, 1.807) is 6.07 Å². The van der Waals surface area contributed by atoms with Crippen LogP contribution in [0.25, 0.3) is 10.4 Å². The van der Waals surface area contributed by atoms with E-state index in [0.717, 1.165) is 17.7 Å². The average molecular weight is 639 g/mol. The lowest BCUT2D eigenvalue weighted by Crippen LogP contribution is -2.74. The Kier molecular flexibility index (Phi) is 7.98. The first-order valence-corrected chi connectivity index (χ1v) is 15.7. The fourth-order valence-electron chi connectivity index (χ4n) is 7.54. The van der Waals surface area contributed by atoms with Gasteiger partial charge in [-0.15, -0.1) is 11.3 Å². The molecule has 1 aromatic carbocycles. The molecule has 2 heterocycles. The first-order valence-electron chi connectivity index (χ1n) is 14.8. The summed E-state index contributed by atoms with van der Waals surface area (Å²) in [6.07, 6.45) is 1.81. The predicted octanol–water partition coefficient (Wildman–Crippen LogP) is 0.561. The first-order chi connectivity index (χ1) is 21.4. The topological polar surface area (TPSA) is 197 Å². The van der Waals surface area contributed by atoms with Crippen LogP contribution in [0.4, 0.5) is 5.69 Å². The number of phenols is 1. The van der Waals surface area contributed by atoms with Gasteiger partial charge in [0.1, 0.15) is 12.3 Å². The van der Waals surface area contributed by atoms with Gasteiger partial charge in [-0.25, -0.2) is 0 Å². The zero-order chi connectivity index (χ0) is 32.4. The molecule has 3 fully saturated rings. The number of thiophene rings is 1. The Morgan fingerprint density at radius 1 is 1.20 bits per heavy atom. The summed E-state index contributed by atoms with van der Waals surface area (Å²) < 4.78 is 0. The number of Topliss-reactive ketones (excluding diaryl/α,β-unsaturated/α-hetero) is 4. The second-order valence-corrected chi connectivity index (χ2v) is 13.3. The molecular weight excluding hydrogens is 604 g/mol. The number of likely N-dealkylation sites (N-methyl/N-ethyl adjacent to an activating group) is 1. The van der Waals surface area contributed by atoms with E-state index in [2.05, 4.69) is 5.32 Å². The third kappa shape index (κ3) is 4.91. The normalized spacial score (nSPS) is 30.1. The maximum atomic E-state index is 14.3. The van der Waals surface area contributed by atoms with Crippen LogP contribution in [0.1, 0.15) is 35.2 Å². The van der Waals surface area contributed by atoms with Gasteiger partial charge in [-0.2, -0.15) is 5.06 Å². The molecule has 1 aromatic heterocycles. The molecule has 2 amide bonds. The fourth-order valence-corrected chi connectivity index (χ4v) is 8.31. The Morgan fingerprint density at radius 2 is 1.96 bits per heavy atom. The minimum Gasteiger partial charge on any atom is -0.505 e. The van der Waals surface area contributed by atoms with Gasteiger partial charge in [-0.1, -0.05) is 6.07 Å². The molecular formula is C31H34N4O9S. The molecule has 0 radical (unpaired) electrons. The van der Waals surface area contributed by atoms with Gasteiger partial charge in [0.2, 0.25) is 11.8 Å². The number of primary amides is 1. The lowest BCUT2D eigenvalue weighted by molar-refractivity contribution is -0.182. The van der Waals surface area contributed by atoms with E-state index in [0.29, 0.717) is 24.3 Å². The van der Waals surface area contributed by atoms with Crippen LogP contribution in [0.15, 0.2) is 23.6 Å². The van der Waals surface area contributed by atoms with E-state index < -0.39 is 76.0 Å². The minimum absolute atomic E-state index is 0.0355. The number of benzene rings is 1. The number of hydroxylamine groups is 2. The molecule has 0 bridgehead atoms. The van der Waals surface area contributed by atoms with Crippen LogP contribution < -0.4 is 11.1 Å². The molecule has 6 rings (SSSR count). The van der Waals surface area contributed by atoms with Crippen LogP contribution >= 0.6 is 11.3 Å². The number of ketones is 4. The third-order valence-electron chi connectivity index (χ3n) is 9.52. The van der Waals surface area contributed by atoms with Crippen LogP contribution in [0, 0.1) is 23.7 Å². The van der Waals surface area contributed by atoms with Crippen molar-refractivity contribution in [2.24, 2.45) is 29.4 Å². The average Bonchev–Trinajstić information content (AvgIpc) is 3.51. The number of nitrogens with zero attached hydrogens (tertiary/aromatic N) is 2. The Balaban J connectivity index is 1.43. The Bertz CT molecular complexity index is 1620. The highest BCUT2D eigenvalue weighted by molar-refractivity contribution is 7.13. The number of aromatic hydroxyl groups is 1. The molecule has 0 spiro atoms. The second-order valence-electron chi connectivity index (χ2n) is 12.4. The number of carbonyl (C=O) groups excluding carboxylic acids is 6. The van der Waals surface area contributed by atoms with E-state index in [1.807, 2.05) is 17.5 Å². The molecule has 13 nitrogen and oxygen atoms in total. The molecule has 5 N–H and O–H groups in total. The van der Waals surface area contributed by atoms with Crippen molar-refractivity contribution in [1.29, 1.82) is 0 Å². The van der Waals surface area contributed by atoms with E-state index >= 15 is 0 Å². The SMILES string of the molecule is CN(C)[C@@H]1C(=O)C(C(N)=O)C(=O)[C@@]2(O)C(=O)C3C(=O)c4c(O)c(NC(=O)CN5CCCCO5)cc(-c5cccs5)c4C[C@H]3C[C@@H]12. The molecule has 14 heteroatoms. The van der Waals surface area contributed by atoms with Gasteiger partial charge >= 0.3 is 0 Å². The van der Waals surface area contributed by atoms with E-state index in [-0.39, 0.29) is 30.6 Å². The summed E-state index contributed by atoms with van der Waals surface area (Å²) >= 11 is 1.39. The maximum Gasteiger partial charge on any atom is 0.241 e. The molecule has 238 valence electrons. The highest BCUT2D eigenvalue weighted by Gasteiger charge is 2.69. The molecule has 3 aliphatic carbocycles. The summed E-state index contributed by atoms with van der Waals surface area (Å²) in [7, 11) is 3.07. The Morgan fingerprint density at radius 3 is 2.58 bits per heavy atom. The van der Waals surface area contributed by atoms with Crippen LogP contribution in [0.5, 0.6) is 5.75 Å². The minimum atomic E-state index is -2.82. The quantitative estimate of drug-likeness (QED) is 0.255. The lowest BCUT2D eigenvalue weighted by Gasteiger charge is -2.52. The number of anilines is 1. The second kappa shape index (κ2) is 11.5. The Hall–Kier alpha value is -3.82. The summed E-state index contributed by atoms with van der Waals surface area (Å²) in [5.74, 6) is -11.9. The number of hydrogen-bond donors (Lipinski definition) is 4. The first kappa shape index (κ1) is 31.2. The zero-order valence-corrected chi connectivity index (χ0v) is 25.6. The smallest absolute Gasteiger partial charge is 0.241 e. The van der Waals surface area contributed by atoms with Gasteiger partial charge in [0.15, 0.2) is 34.7 Å². The van der Waals surface area contributed by atoms with Crippen LogP contribution in [-0.4, -0.2) is 101 Å². The highest BCUT2D eigenvalue weighted by Crippen LogP contribution is 2.53. The van der Waals surface area contributed by atoms with Gasteiger partial charge < -0.3 is 21.3 Å². The highest BCUT2D eigenvalue weighted by atomic mass is 32.1. The predicted molar refractivity (Wildman–Crippen MR) is 160 cm³/mol. The van der Waals surface area contributed by atoms with E-state index in [9.17, 15) is 39.0 Å². The largest absolute Gasteiger partial charge is 0.505 e. The molecule has 1 saturated heterocycles. The number of hydrogen-bond acceptors (Lipinski definition) is 12. The number of nitrogens with two attached hydrogens (primary N) is 1. The molecule has 45 heavy (non-hydrogen) atoms. The number of amides is 2. The molecule has 2 saturated carbocycles. The number of carbonyl (C=O) groups is 6. The van der Waals surface area contributed by atoms with Crippen molar-refractivity contribution < 1.29 is 43.8 Å². The summed E-state index contributed by atoms with van der Waals surface area (Å²) in [6, 6.07) is 4.06. The fraction of sp³-hybridized carbons (Fsp3) is 0.484. The number of fused-ring (bicyclic) bond motifs is 3. The van der Waals surface area contributed by atoms with Crippen molar-refractivity contribution in [2.75, 3.05) is 39.1 Å². The van der Waals surface area contributed by atoms with Crippen LogP contribution in [0.3, 0.4) is 0 Å². The van der Waals surface area contributed by atoms with Gasteiger partial charge in [0, 0.05) is 17.3 Å². The number of aliphatic hydroxyl groups is 1. The molecule has 6 atom stereocenters. The van der Waals surface area contributed by atoms with E-state index in [4.69, 9.17) is 10.6 Å². The summed E-state index contributed by atoms with van der Waals surface area (Å²) in [5, 5.41) is 29.3. The monoisotopic (exact) mass is 638 g/mol. The van der Waals surface area contributed by atoms with E-state index in [1.165, 1.54) is 35.4 Å². The summed E-state index contributed by atoms with van der Waals surface area (Å²) in [4.78, 5) is 88.2. The number of phenolic OH excluding ortho intramolecular Hbond substituents is 1. The maximum absolute atomic E-state index is 14.3. The van der Waals surface area contributed by atoms with Gasteiger partial charge in [-0.3, -0.25) is 38.5 Å². The Labute approximate surface area is 262 Å². The standard InChI is InChI=1S/C31H34N4O9S/c1-34(2)24-17-11-14-10-16-15(19-6-5-9-45-19)12-18(33-20(36)13-35-7-3-4-8-44-35)25(37)22(16)26(38)21(14)28(40)31(17,43)29(41)23(27(24)39)30(32)42/h5-6,9,12,14,17,21,23-24,37,43H,3-4,7-8,10-11,13H2,1-2H3,(H2,32,42)(H,33,36)/t14-,17-,21?,23?,24-,31-/m0/s1. The summed E-state index contributed by atoms with van der Waals surface area (Å²) in [5.41, 5.74) is 3.40. The van der Waals surface area contributed by atoms with Crippen LogP contribution in [-0.2, 0) is 35.2 Å². The summed E-state index contributed by atoms with van der Waals surface area (Å²) in [6.45, 7) is 0.947. The molecule has 2 aromatic rings. The van der Waals surface area contributed by atoms with Crippen molar-refractivity contribution in [3.05, 3.63) is 34.7 Å². The third-order valence-corrected chi connectivity index (χ3v) is 10.4.